The fraction of sp³-hybridized carbons (Fsp3) is 1.00. The Balaban J connectivity index is 2.33. The molecule has 1 saturated carbocycles. The van der Waals surface area contributed by atoms with Gasteiger partial charge in [-0.2, -0.15) is 0 Å². The summed E-state index contributed by atoms with van der Waals surface area (Å²) in [5, 5.41) is 3.71. The SMILES string of the molecule is CCOCCN(C)CC(CC)(CC)CNC1CC1. The molecule has 108 valence electrons. The van der Waals surface area contributed by atoms with Crippen molar-refractivity contribution in [3.05, 3.63) is 0 Å². The Labute approximate surface area is 113 Å². The minimum atomic E-state index is 0.434. The lowest BCUT2D eigenvalue weighted by atomic mass is 9.81. The number of ether oxygens (including phenoxy) is 1. The molecule has 1 fully saturated rings. The van der Waals surface area contributed by atoms with Gasteiger partial charge in [-0.3, -0.25) is 0 Å². The fourth-order valence-corrected chi connectivity index (χ4v) is 2.44. The van der Waals surface area contributed by atoms with Crippen molar-refractivity contribution in [1.29, 1.82) is 0 Å². The predicted molar refractivity (Wildman–Crippen MR) is 78.0 cm³/mol. The van der Waals surface area contributed by atoms with Crippen LogP contribution in [0.5, 0.6) is 0 Å². The lowest BCUT2D eigenvalue weighted by Gasteiger charge is -2.36. The second kappa shape index (κ2) is 8.13. The highest BCUT2D eigenvalue weighted by Crippen LogP contribution is 2.28. The molecule has 0 aliphatic heterocycles. The van der Waals surface area contributed by atoms with Gasteiger partial charge in [0.25, 0.3) is 0 Å². The van der Waals surface area contributed by atoms with E-state index in [0.29, 0.717) is 5.41 Å². The number of hydrogen-bond acceptors (Lipinski definition) is 3. The number of nitrogens with zero attached hydrogens (tertiary/aromatic N) is 1. The largest absolute Gasteiger partial charge is 0.380 e. The third kappa shape index (κ3) is 5.68. The van der Waals surface area contributed by atoms with Crippen molar-refractivity contribution < 1.29 is 4.74 Å². The maximum atomic E-state index is 5.44. The van der Waals surface area contributed by atoms with E-state index in [9.17, 15) is 0 Å². The summed E-state index contributed by atoms with van der Waals surface area (Å²) in [6.07, 6.45) is 5.26. The molecule has 0 spiro atoms. The Morgan fingerprint density at radius 3 is 2.39 bits per heavy atom. The zero-order valence-corrected chi connectivity index (χ0v) is 12.8. The molecule has 0 bridgehead atoms. The van der Waals surface area contributed by atoms with Gasteiger partial charge in [0.1, 0.15) is 0 Å². The molecule has 3 heteroatoms. The summed E-state index contributed by atoms with van der Waals surface area (Å²) in [6, 6.07) is 0.816. The summed E-state index contributed by atoms with van der Waals surface area (Å²) in [5.41, 5.74) is 0.434. The second-order valence-corrected chi connectivity index (χ2v) is 5.80. The van der Waals surface area contributed by atoms with E-state index in [1.54, 1.807) is 0 Å². The Morgan fingerprint density at radius 2 is 1.89 bits per heavy atom. The minimum absolute atomic E-state index is 0.434. The van der Waals surface area contributed by atoms with Gasteiger partial charge in [0.2, 0.25) is 0 Å². The average Bonchev–Trinajstić information content (AvgIpc) is 3.19. The first-order valence-corrected chi connectivity index (χ1v) is 7.65. The van der Waals surface area contributed by atoms with E-state index < -0.39 is 0 Å². The van der Waals surface area contributed by atoms with Crippen LogP contribution in [0, 0.1) is 5.41 Å². The number of likely N-dealkylation sites (N-methyl/N-ethyl adjacent to an activating group) is 1. The van der Waals surface area contributed by atoms with Crippen LogP contribution in [0.2, 0.25) is 0 Å². The van der Waals surface area contributed by atoms with E-state index in [2.05, 4.69) is 38.0 Å². The summed E-state index contributed by atoms with van der Waals surface area (Å²) >= 11 is 0. The smallest absolute Gasteiger partial charge is 0.0593 e. The van der Waals surface area contributed by atoms with E-state index in [4.69, 9.17) is 4.74 Å². The van der Waals surface area contributed by atoms with Crippen molar-refractivity contribution in [2.45, 2.75) is 52.5 Å². The Kier molecular flexibility index (Phi) is 7.20. The van der Waals surface area contributed by atoms with Gasteiger partial charge in [0.05, 0.1) is 6.61 Å². The molecule has 1 rings (SSSR count). The molecule has 0 atom stereocenters. The summed E-state index contributed by atoms with van der Waals surface area (Å²) in [7, 11) is 2.22. The first-order chi connectivity index (χ1) is 8.65. The maximum absolute atomic E-state index is 5.44. The van der Waals surface area contributed by atoms with Gasteiger partial charge in [0, 0.05) is 32.3 Å². The van der Waals surface area contributed by atoms with E-state index >= 15 is 0 Å². The third-order valence-electron chi connectivity index (χ3n) is 4.27. The molecule has 1 aliphatic carbocycles. The summed E-state index contributed by atoms with van der Waals surface area (Å²) < 4.78 is 5.44. The van der Waals surface area contributed by atoms with Crippen molar-refractivity contribution in [3.8, 4) is 0 Å². The Hall–Kier alpha value is -0.120. The van der Waals surface area contributed by atoms with Crippen molar-refractivity contribution in [2.24, 2.45) is 5.41 Å². The number of nitrogens with one attached hydrogen (secondary N) is 1. The molecule has 0 saturated heterocycles. The molecular weight excluding hydrogens is 224 g/mol. The fourth-order valence-electron chi connectivity index (χ4n) is 2.44. The molecule has 0 amide bonds. The first-order valence-electron chi connectivity index (χ1n) is 7.65. The van der Waals surface area contributed by atoms with Crippen LogP contribution in [0.25, 0.3) is 0 Å². The standard InChI is InChI=1S/C15H32N2O/c1-5-15(6-2,12-16-14-8-9-14)13-17(4)10-11-18-7-3/h14,16H,5-13H2,1-4H3. The average molecular weight is 256 g/mol. The van der Waals surface area contributed by atoms with Crippen molar-refractivity contribution in [1.82, 2.24) is 10.2 Å². The highest BCUT2D eigenvalue weighted by molar-refractivity contribution is 4.88. The van der Waals surface area contributed by atoms with Gasteiger partial charge in [0.15, 0.2) is 0 Å². The zero-order chi connectivity index (χ0) is 13.4. The van der Waals surface area contributed by atoms with Crippen LogP contribution in [0.3, 0.4) is 0 Å². The highest BCUT2D eigenvalue weighted by atomic mass is 16.5. The molecule has 0 aromatic rings. The molecular formula is C15H32N2O. The van der Waals surface area contributed by atoms with E-state index in [-0.39, 0.29) is 0 Å². The quantitative estimate of drug-likeness (QED) is 0.575. The van der Waals surface area contributed by atoms with E-state index in [1.165, 1.54) is 38.8 Å². The molecule has 1 aliphatic rings. The van der Waals surface area contributed by atoms with E-state index in [1.807, 2.05) is 0 Å². The minimum Gasteiger partial charge on any atom is -0.380 e. The van der Waals surface area contributed by atoms with Gasteiger partial charge in [-0.15, -0.1) is 0 Å². The molecule has 0 radical (unpaired) electrons. The molecule has 3 nitrogen and oxygen atoms in total. The summed E-state index contributed by atoms with van der Waals surface area (Å²) in [6.45, 7) is 11.8. The van der Waals surface area contributed by atoms with Crippen LogP contribution < -0.4 is 5.32 Å². The predicted octanol–water partition coefficient (Wildman–Crippen LogP) is 2.51. The molecule has 0 unspecified atom stereocenters. The first kappa shape index (κ1) is 15.9. The monoisotopic (exact) mass is 256 g/mol. The van der Waals surface area contributed by atoms with Gasteiger partial charge < -0.3 is 15.0 Å². The van der Waals surface area contributed by atoms with Gasteiger partial charge >= 0.3 is 0 Å². The second-order valence-electron chi connectivity index (χ2n) is 5.80. The van der Waals surface area contributed by atoms with Crippen molar-refractivity contribution in [2.75, 3.05) is 39.9 Å². The number of hydrogen-bond donors (Lipinski definition) is 1. The normalized spacial score (nSPS) is 16.5. The lowest BCUT2D eigenvalue weighted by Crippen LogP contribution is -2.43. The van der Waals surface area contributed by atoms with Crippen LogP contribution in [-0.4, -0.2) is 50.8 Å². The molecule has 18 heavy (non-hydrogen) atoms. The third-order valence-corrected chi connectivity index (χ3v) is 4.27. The summed E-state index contributed by atoms with van der Waals surface area (Å²) in [5.74, 6) is 0. The zero-order valence-electron chi connectivity index (χ0n) is 12.8. The molecule has 1 N–H and O–H groups in total. The van der Waals surface area contributed by atoms with Crippen LogP contribution in [0.4, 0.5) is 0 Å². The van der Waals surface area contributed by atoms with Crippen molar-refractivity contribution in [3.63, 3.8) is 0 Å². The number of rotatable bonds is 11. The summed E-state index contributed by atoms with van der Waals surface area (Å²) in [4.78, 5) is 2.43. The van der Waals surface area contributed by atoms with Crippen LogP contribution in [-0.2, 0) is 4.74 Å². The van der Waals surface area contributed by atoms with Crippen LogP contribution in [0.1, 0.15) is 46.5 Å². The topological polar surface area (TPSA) is 24.5 Å². The molecule has 0 heterocycles. The van der Waals surface area contributed by atoms with Crippen LogP contribution >= 0.6 is 0 Å². The van der Waals surface area contributed by atoms with Gasteiger partial charge in [-0.1, -0.05) is 13.8 Å². The van der Waals surface area contributed by atoms with Crippen LogP contribution in [0.15, 0.2) is 0 Å². The Morgan fingerprint density at radius 1 is 1.22 bits per heavy atom. The maximum Gasteiger partial charge on any atom is 0.0593 e. The highest BCUT2D eigenvalue weighted by Gasteiger charge is 2.30. The van der Waals surface area contributed by atoms with Gasteiger partial charge in [-0.05, 0) is 45.1 Å². The Bertz CT molecular complexity index is 213. The molecule has 0 aromatic carbocycles. The molecule has 0 aromatic heterocycles. The lowest BCUT2D eigenvalue weighted by molar-refractivity contribution is 0.0949. The van der Waals surface area contributed by atoms with Gasteiger partial charge in [-0.25, -0.2) is 0 Å². The van der Waals surface area contributed by atoms with E-state index in [0.717, 1.165) is 25.8 Å². The van der Waals surface area contributed by atoms with Crippen molar-refractivity contribution >= 4 is 0 Å².